The first-order valence-electron chi connectivity index (χ1n) is 8.27. The van der Waals surface area contributed by atoms with E-state index in [9.17, 15) is 4.79 Å². The number of hydrogen-bond acceptors (Lipinski definition) is 6. The van der Waals surface area contributed by atoms with E-state index in [0.29, 0.717) is 38.8 Å². The Balaban J connectivity index is 1.53. The predicted octanol–water partition coefficient (Wildman–Crippen LogP) is 1.02. The topological polar surface area (TPSA) is 70.8 Å². The minimum Gasteiger partial charge on any atom is -0.423 e. The fourth-order valence-electron chi connectivity index (χ4n) is 2.79. The molecule has 0 bridgehead atoms. The second kappa shape index (κ2) is 7.63. The molecule has 3 rings (SSSR count). The average molecular weight is 332 g/mol. The number of aryl methyl sites for hydroxylation is 1. The van der Waals surface area contributed by atoms with E-state index in [4.69, 9.17) is 9.15 Å². The van der Waals surface area contributed by atoms with Crippen LogP contribution in [-0.2, 0) is 9.53 Å². The Kier molecular flexibility index (Phi) is 5.32. The summed E-state index contributed by atoms with van der Waals surface area (Å²) in [4.78, 5) is 20.7. The number of benzene rings is 1. The molecule has 7 heteroatoms. The minimum absolute atomic E-state index is 0.124. The summed E-state index contributed by atoms with van der Waals surface area (Å²) in [6, 6.07) is 6.63. The molecule has 7 nitrogen and oxygen atoms in total. The first-order valence-corrected chi connectivity index (χ1v) is 8.27. The summed E-state index contributed by atoms with van der Waals surface area (Å²) in [7, 11) is 1.65. The maximum atomic E-state index is 12.1. The first-order chi connectivity index (χ1) is 11.7. The van der Waals surface area contributed by atoms with E-state index in [0.717, 1.165) is 24.2 Å². The number of rotatable bonds is 6. The van der Waals surface area contributed by atoms with Crippen molar-refractivity contribution in [3.63, 3.8) is 0 Å². The number of methoxy groups -OCH3 is 1. The zero-order chi connectivity index (χ0) is 16.9. The molecule has 1 aromatic heterocycles. The molecule has 130 valence electrons. The van der Waals surface area contributed by atoms with Crippen LogP contribution in [0.15, 0.2) is 22.6 Å². The van der Waals surface area contributed by atoms with Gasteiger partial charge in [0.2, 0.25) is 5.91 Å². The second-order valence-electron chi connectivity index (χ2n) is 6.01. The van der Waals surface area contributed by atoms with Crippen molar-refractivity contribution in [3.8, 4) is 0 Å². The Morgan fingerprint density at radius 2 is 2.12 bits per heavy atom. The zero-order valence-electron chi connectivity index (χ0n) is 14.2. The van der Waals surface area contributed by atoms with E-state index in [1.165, 1.54) is 5.56 Å². The normalized spacial score (nSPS) is 15.2. The molecule has 0 radical (unpaired) electrons. The van der Waals surface area contributed by atoms with Gasteiger partial charge < -0.3 is 24.3 Å². The lowest BCUT2D eigenvalue weighted by molar-refractivity contribution is -0.130. The van der Waals surface area contributed by atoms with Gasteiger partial charge in [-0.2, -0.15) is 4.98 Å². The third kappa shape index (κ3) is 3.85. The number of piperazine rings is 1. The molecule has 0 atom stereocenters. The van der Waals surface area contributed by atoms with Gasteiger partial charge in [-0.25, -0.2) is 0 Å². The van der Waals surface area contributed by atoms with Gasteiger partial charge in [0.25, 0.3) is 6.01 Å². The van der Waals surface area contributed by atoms with Gasteiger partial charge in [0, 0.05) is 39.8 Å². The Morgan fingerprint density at radius 1 is 1.33 bits per heavy atom. The van der Waals surface area contributed by atoms with E-state index in [2.05, 4.69) is 15.2 Å². The van der Waals surface area contributed by atoms with Crippen LogP contribution in [0.2, 0.25) is 0 Å². The van der Waals surface area contributed by atoms with Crippen LogP contribution < -0.4 is 10.2 Å². The molecule has 2 heterocycles. The Bertz CT molecular complexity index is 692. The second-order valence-corrected chi connectivity index (χ2v) is 6.01. The van der Waals surface area contributed by atoms with E-state index in [1.54, 1.807) is 7.11 Å². The number of ether oxygens (including phenoxy) is 1. The smallest absolute Gasteiger partial charge is 0.298 e. The van der Waals surface area contributed by atoms with E-state index < -0.39 is 0 Å². The lowest BCUT2D eigenvalue weighted by Gasteiger charge is -2.33. The number of nitrogens with zero attached hydrogens (tertiary/aromatic N) is 3. The summed E-state index contributed by atoms with van der Waals surface area (Å²) < 4.78 is 10.8. The number of amides is 1. The van der Waals surface area contributed by atoms with Crippen molar-refractivity contribution in [2.75, 3.05) is 57.9 Å². The van der Waals surface area contributed by atoms with Gasteiger partial charge in [0.15, 0.2) is 5.58 Å². The summed E-state index contributed by atoms with van der Waals surface area (Å²) in [6.45, 7) is 6.52. The number of fused-ring (bicyclic) bond motifs is 1. The van der Waals surface area contributed by atoms with E-state index in [1.807, 2.05) is 30.0 Å². The molecule has 0 spiro atoms. The van der Waals surface area contributed by atoms with Crippen LogP contribution in [0.25, 0.3) is 11.1 Å². The molecule has 1 fully saturated rings. The van der Waals surface area contributed by atoms with Crippen LogP contribution in [0.4, 0.5) is 6.01 Å². The minimum atomic E-state index is 0.124. The predicted molar refractivity (Wildman–Crippen MR) is 92.3 cm³/mol. The number of aromatic nitrogens is 1. The third-order valence-corrected chi connectivity index (χ3v) is 4.19. The maximum Gasteiger partial charge on any atom is 0.298 e. The monoisotopic (exact) mass is 332 g/mol. The number of carbonyl (C=O) groups excluding carboxylic acids is 1. The van der Waals surface area contributed by atoms with Gasteiger partial charge in [-0.3, -0.25) is 4.79 Å². The van der Waals surface area contributed by atoms with Gasteiger partial charge in [-0.15, -0.1) is 0 Å². The van der Waals surface area contributed by atoms with Crippen molar-refractivity contribution in [1.29, 1.82) is 0 Å². The standard InChI is InChI=1S/C17H24N4O3/c1-13-3-4-15-14(11-13)19-17(24-15)21-8-6-20(7-9-21)16(22)12-18-5-10-23-2/h3-4,11,18H,5-10,12H2,1-2H3. The van der Waals surface area contributed by atoms with Crippen molar-refractivity contribution >= 4 is 23.0 Å². The van der Waals surface area contributed by atoms with E-state index in [-0.39, 0.29) is 5.91 Å². The first kappa shape index (κ1) is 16.7. The van der Waals surface area contributed by atoms with Crippen LogP contribution in [0.3, 0.4) is 0 Å². The van der Waals surface area contributed by atoms with E-state index >= 15 is 0 Å². The molecule has 0 saturated carbocycles. The maximum absolute atomic E-state index is 12.1. The highest BCUT2D eigenvalue weighted by Crippen LogP contribution is 2.23. The zero-order valence-corrected chi connectivity index (χ0v) is 14.2. The number of carbonyl (C=O) groups is 1. The summed E-state index contributed by atoms with van der Waals surface area (Å²) in [5.41, 5.74) is 2.85. The van der Waals surface area contributed by atoms with Crippen LogP contribution in [0.1, 0.15) is 5.56 Å². The highest BCUT2D eigenvalue weighted by atomic mass is 16.5. The fraction of sp³-hybridized carbons (Fsp3) is 0.529. The van der Waals surface area contributed by atoms with Crippen LogP contribution >= 0.6 is 0 Å². The SMILES string of the molecule is COCCNCC(=O)N1CCN(c2nc3cc(C)ccc3o2)CC1. The highest BCUT2D eigenvalue weighted by Gasteiger charge is 2.23. The fourth-order valence-corrected chi connectivity index (χ4v) is 2.79. The van der Waals surface area contributed by atoms with Gasteiger partial charge in [0.05, 0.1) is 13.2 Å². The van der Waals surface area contributed by atoms with Crippen LogP contribution in [-0.4, -0.2) is 68.8 Å². The summed E-state index contributed by atoms with van der Waals surface area (Å²) in [5, 5.41) is 3.09. The van der Waals surface area contributed by atoms with Gasteiger partial charge in [-0.1, -0.05) is 6.07 Å². The van der Waals surface area contributed by atoms with Crippen LogP contribution in [0.5, 0.6) is 0 Å². The molecule has 2 aromatic rings. The highest BCUT2D eigenvalue weighted by molar-refractivity contribution is 5.78. The molecule has 0 aliphatic carbocycles. The summed E-state index contributed by atoms with van der Waals surface area (Å²) in [6.07, 6.45) is 0. The van der Waals surface area contributed by atoms with Crippen molar-refractivity contribution in [2.45, 2.75) is 6.92 Å². The van der Waals surface area contributed by atoms with Crippen LogP contribution in [0, 0.1) is 6.92 Å². The largest absolute Gasteiger partial charge is 0.423 e. The molecule has 1 saturated heterocycles. The molecular weight excluding hydrogens is 308 g/mol. The number of anilines is 1. The molecule has 1 N–H and O–H groups in total. The number of hydrogen-bond donors (Lipinski definition) is 1. The van der Waals surface area contributed by atoms with Gasteiger partial charge >= 0.3 is 0 Å². The molecule has 1 aliphatic rings. The molecule has 1 aromatic carbocycles. The van der Waals surface area contributed by atoms with Crippen molar-refractivity contribution in [2.24, 2.45) is 0 Å². The average Bonchev–Trinajstić information content (AvgIpc) is 3.02. The number of nitrogens with one attached hydrogen (secondary N) is 1. The summed E-state index contributed by atoms with van der Waals surface area (Å²) in [5.74, 6) is 0.124. The third-order valence-electron chi connectivity index (χ3n) is 4.19. The molecule has 1 aliphatic heterocycles. The molecular formula is C17H24N4O3. The quantitative estimate of drug-likeness (QED) is 0.797. The molecule has 1 amide bonds. The molecule has 24 heavy (non-hydrogen) atoms. The summed E-state index contributed by atoms with van der Waals surface area (Å²) >= 11 is 0. The van der Waals surface area contributed by atoms with Gasteiger partial charge in [0.1, 0.15) is 5.52 Å². The lowest BCUT2D eigenvalue weighted by Crippen LogP contribution is -2.51. The molecule has 0 unspecified atom stereocenters. The van der Waals surface area contributed by atoms with Crippen molar-refractivity contribution < 1.29 is 13.9 Å². The van der Waals surface area contributed by atoms with Gasteiger partial charge in [-0.05, 0) is 24.6 Å². The van der Waals surface area contributed by atoms with Crippen molar-refractivity contribution in [3.05, 3.63) is 23.8 Å². The lowest BCUT2D eigenvalue weighted by atomic mass is 10.2. The number of oxazole rings is 1. The Hall–Kier alpha value is -2.12. The Labute approximate surface area is 141 Å². The Morgan fingerprint density at radius 3 is 2.88 bits per heavy atom. The van der Waals surface area contributed by atoms with Crippen molar-refractivity contribution in [1.82, 2.24) is 15.2 Å².